The minimum Gasteiger partial charge on any atom is -0.351 e. The number of aromatic nitrogens is 1. The molecule has 2 aromatic carbocycles. The Hall–Kier alpha value is -3.25. The zero-order chi connectivity index (χ0) is 26.7. The molecule has 0 radical (unpaired) electrons. The van der Waals surface area contributed by atoms with Crippen molar-refractivity contribution in [3.8, 4) is 0 Å². The second-order valence-electron chi connectivity index (χ2n) is 11.8. The van der Waals surface area contributed by atoms with Crippen molar-refractivity contribution in [3.05, 3.63) is 72.1 Å². The van der Waals surface area contributed by atoms with Crippen LogP contribution in [-0.2, 0) is 15.0 Å². The molecule has 1 saturated heterocycles. The van der Waals surface area contributed by atoms with Gasteiger partial charge in [0, 0.05) is 35.1 Å². The Morgan fingerprint density at radius 3 is 2.37 bits per heavy atom. The number of carbonyl (C=O) groups excluding carboxylic acids is 2. The summed E-state index contributed by atoms with van der Waals surface area (Å²) in [6.45, 7) is 7.34. The van der Waals surface area contributed by atoms with Crippen molar-refractivity contribution in [3.63, 3.8) is 0 Å². The Labute approximate surface area is 226 Å². The fourth-order valence-corrected chi connectivity index (χ4v) is 5.87. The van der Waals surface area contributed by atoms with Gasteiger partial charge < -0.3 is 10.6 Å². The minimum absolute atomic E-state index is 0.0162. The normalized spacial score (nSPS) is 19.3. The van der Waals surface area contributed by atoms with Crippen molar-refractivity contribution in [2.45, 2.75) is 89.3 Å². The molecule has 200 valence electrons. The summed E-state index contributed by atoms with van der Waals surface area (Å²) < 4.78 is 0. The van der Waals surface area contributed by atoms with E-state index >= 15 is 0 Å². The lowest BCUT2D eigenvalue weighted by Crippen LogP contribution is -2.51. The molecule has 2 aliphatic rings. The Kier molecular flexibility index (Phi) is 7.80. The highest BCUT2D eigenvalue weighted by atomic mass is 16.2. The number of nitrogens with zero attached hydrogens (tertiary/aromatic N) is 2. The number of carbonyl (C=O) groups is 2. The number of nitrogens with one attached hydrogen (secondary N) is 2. The summed E-state index contributed by atoms with van der Waals surface area (Å²) in [6.07, 6.45) is 10.7. The van der Waals surface area contributed by atoms with Crippen molar-refractivity contribution in [2.24, 2.45) is 0 Å². The van der Waals surface area contributed by atoms with E-state index in [4.69, 9.17) is 0 Å². The monoisotopic (exact) mass is 512 g/mol. The molecule has 2 unspecified atom stereocenters. The highest BCUT2D eigenvalue weighted by molar-refractivity contribution is 6.05. The molecule has 1 saturated carbocycles. The van der Waals surface area contributed by atoms with E-state index in [2.05, 4.69) is 48.5 Å². The van der Waals surface area contributed by atoms with Gasteiger partial charge in [0.2, 0.25) is 11.8 Å². The zero-order valence-electron chi connectivity index (χ0n) is 22.9. The molecule has 2 N–H and O–H groups in total. The molecular formula is C32H40N4O2. The predicted octanol–water partition coefficient (Wildman–Crippen LogP) is 5.81. The maximum absolute atomic E-state index is 14.3. The molecule has 6 heteroatoms. The molecule has 1 aromatic heterocycles. The number of pyridine rings is 1. The molecule has 2 fully saturated rings. The number of anilines is 1. The Morgan fingerprint density at radius 2 is 1.68 bits per heavy atom. The maximum Gasteiger partial charge on any atom is 0.248 e. The van der Waals surface area contributed by atoms with Crippen LogP contribution in [0.15, 0.2) is 60.9 Å². The molecule has 2 atom stereocenters. The Morgan fingerprint density at radius 1 is 0.947 bits per heavy atom. The topological polar surface area (TPSA) is 74.3 Å². The average Bonchev–Trinajstić information content (AvgIpc) is 3.47. The van der Waals surface area contributed by atoms with E-state index in [9.17, 15) is 9.59 Å². The summed E-state index contributed by atoms with van der Waals surface area (Å²) in [7, 11) is 0. The SMILES string of the molecule is CC(C)(C)c1ccc(N(C(=O)C2CCCN2)C(C(=O)NC2CCCCC2)c2cncc3ccccc23)cc1. The molecule has 38 heavy (non-hydrogen) atoms. The molecule has 6 nitrogen and oxygen atoms in total. The van der Waals surface area contributed by atoms with Crippen LogP contribution in [0.4, 0.5) is 5.69 Å². The van der Waals surface area contributed by atoms with E-state index in [0.717, 1.165) is 67.1 Å². The van der Waals surface area contributed by atoms with Crippen LogP contribution in [-0.4, -0.2) is 35.4 Å². The van der Waals surface area contributed by atoms with Crippen molar-refractivity contribution >= 4 is 28.3 Å². The average molecular weight is 513 g/mol. The summed E-state index contributed by atoms with van der Waals surface area (Å²) in [6, 6.07) is 15.1. The van der Waals surface area contributed by atoms with E-state index in [1.807, 2.05) is 42.6 Å². The minimum atomic E-state index is -0.828. The number of hydrogen-bond acceptors (Lipinski definition) is 4. The van der Waals surface area contributed by atoms with Crippen molar-refractivity contribution < 1.29 is 9.59 Å². The van der Waals surface area contributed by atoms with E-state index in [0.29, 0.717) is 0 Å². The quantitative estimate of drug-likeness (QED) is 0.437. The van der Waals surface area contributed by atoms with E-state index in [-0.39, 0.29) is 29.3 Å². The van der Waals surface area contributed by atoms with Crippen LogP contribution >= 0.6 is 0 Å². The Balaban J connectivity index is 1.63. The van der Waals surface area contributed by atoms with Gasteiger partial charge in [0.15, 0.2) is 0 Å². The van der Waals surface area contributed by atoms with Crippen molar-refractivity contribution in [1.29, 1.82) is 0 Å². The first-order valence-corrected chi connectivity index (χ1v) is 14.1. The van der Waals surface area contributed by atoms with Crippen LogP contribution in [0.25, 0.3) is 10.8 Å². The second kappa shape index (κ2) is 11.2. The lowest BCUT2D eigenvalue weighted by atomic mass is 9.87. The van der Waals surface area contributed by atoms with E-state index < -0.39 is 6.04 Å². The smallest absolute Gasteiger partial charge is 0.248 e. The largest absolute Gasteiger partial charge is 0.351 e. The molecule has 5 rings (SSSR count). The standard InChI is InChI=1S/C32H40N4O2/c1-32(2,3)23-15-17-25(18-16-23)36(31(38)28-14-9-19-34-28)29(30(37)35-24-11-5-4-6-12-24)27-21-33-20-22-10-7-8-13-26(22)27/h7-8,10,13,15-18,20-21,24,28-29,34H,4-6,9,11-12,14,19H2,1-3H3,(H,35,37). The van der Waals surface area contributed by atoms with Gasteiger partial charge in [-0.05, 0) is 60.7 Å². The van der Waals surface area contributed by atoms with Crippen LogP contribution < -0.4 is 15.5 Å². The number of hydrogen-bond donors (Lipinski definition) is 2. The summed E-state index contributed by atoms with van der Waals surface area (Å²) >= 11 is 0. The third kappa shape index (κ3) is 5.60. The Bertz CT molecular complexity index is 1260. The maximum atomic E-state index is 14.3. The van der Waals surface area contributed by atoms with Gasteiger partial charge >= 0.3 is 0 Å². The van der Waals surface area contributed by atoms with Gasteiger partial charge in [0.25, 0.3) is 0 Å². The summed E-state index contributed by atoms with van der Waals surface area (Å²) in [4.78, 5) is 34.7. The second-order valence-corrected chi connectivity index (χ2v) is 11.8. The summed E-state index contributed by atoms with van der Waals surface area (Å²) in [5.41, 5.74) is 2.65. The summed E-state index contributed by atoms with van der Waals surface area (Å²) in [5, 5.41) is 8.59. The molecule has 2 amide bonds. The zero-order valence-corrected chi connectivity index (χ0v) is 22.9. The van der Waals surface area contributed by atoms with Crippen LogP contribution in [0.2, 0.25) is 0 Å². The summed E-state index contributed by atoms with van der Waals surface area (Å²) in [5.74, 6) is -0.205. The van der Waals surface area contributed by atoms with E-state index in [1.54, 1.807) is 11.1 Å². The third-order valence-corrected chi connectivity index (χ3v) is 8.06. The van der Waals surface area contributed by atoms with Gasteiger partial charge in [-0.25, -0.2) is 0 Å². The van der Waals surface area contributed by atoms with Gasteiger partial charge in [-0.2, -0.15) is 0 Å². The molecule has 0 spiro atoms. The first-order chi connectivity index (χ1) is 18.3. The number of amides is 2. The molecular weight excluding hydrogens is 472 g/mol. The highest BCUT2D eigenvalue weighted by Crippen LogP contribution is 2.35. The van der Waals surface area contributed by atoms with Crippen LogP contribution in [0.3, 0.4) is 0 Å². The number of benzene rings is 2. The van der Waals surface area contributed by atoms with Gasteiger partial charge in [0.05, 0.1) is 6.04 Å². The van der Waals surface area contributed by atoms with Gasteiger partial charge in [0.1, 0.15) is 6.04 Å². The lowest BCUT2D eigenvalue weighted by molar-refractivity contribution is -0.128. The van der Waals surface area contributed by atoms with Gasteiger partial charge in [-0.3, -0.25) is 19.5 Å². The third-order valence-electron chi connectivity index (χ3n) is 8.06. The molecule has 3 aromatic rings. The molecule has 0 bridgehead atoms. The van der Waals surface area contributed by atoms with Crippen LogP contribution in [0.5, 0.6) is 0 Å². The van der Waals surface area contributed by atoms with Crippen molar-refractivity contribution in [2.75, 3.05) is 11.4 Å². The lowest BCUT2D eigenvalue weighted by Gasteiger charge is -2.35. The first-order valence-electron chi connectivity index (χ1n) is 14.1. The fraction of sp³-hybridized carbons (Fsp3) is 0.469. The van der Waals surface area contributed by atoms with Gasteiger partial charge in [-0.1, -0.05) is 76.4 Å². The predicted molar refractivity (Wildman–Crippen MR) is 153 cm³/mol. The van der Waals surface area contributed by atoms with E-state index in [1.165, 1.54) is 12.0 Å². The molecule has 1 aliphatic carbocycles. The number of fused-ring (bicyclic) bond motifs is 1. The number of rotatable bonds is 6. The fourth-order valence-electron chi connectivity index (χ4n) is 5.87. The van der Waals surface area contributed by atoms with Crippen molar-refractivity contribution in [1.82, 2.24) is 15.6 Å². The van der Waals surface area contributed by atoms with Crippen LogP contribution in [0, 0.1) is 0 Å². The molecule has 1 aliphatic heterocycles. The highest BCUT2D eigenvalue weighted by Gasteiger charge is 2.38. The molecule has 2 heterocycles. The van der Waals surface area contributed by atoms with Gasteiger partial charge in [-0.15, -0.1) is 0 Å². The first kappa shape index (κ1) is 26.4. The van der Waals surface area contributed by atoms with Crippen LogP contribution in [0.1, 0.15) is 82.9 Å².